The molecule has 7 nitrogen and oxygen atoms in total. The number of rotatable bonds is 2. The fourth-order valence-corrected chi connectivity index (χ4v) is 3.43. The van der Waals surface area contributed by atoms with Crippen molar-refractivity contribution in [2.45, 2.75) is 0 Å². The van der Waals surface area contributed by atoms with Crippen molar-refractivity contribution in [2.24, 2.45) is 7.05 Å². The first-order valence-electron chi connectivity index (χ1n) is 8.55. The van der Waals surface area contributed by atoms with Crippen molar-refractivity contribution in [2.75, 3.05) is 31.1 Å². The number of hydrogen-bond donors (Lipinski definition) is 2. The van der Waals surface area contributed by atoms with Crippen LogP contribution in [0.1, 0.15) is 10.4 Å². The average Bonchev–Trinajstić information content (AvgIpc) is 2.95. The number of phenols is 1. The van der Waals surface area contributed by atoms with Gasteiger partial charge >= 0.3 is 5.69 Å². The third kappa shape index (κ3) is 2.71. The first-order valence-corrected chi connectivity index (χ1v) is 8.55. The maximum atomic E-state index is 12.8. The molecular weight excluding hydrogens is 332 g/mol. The van der Waals surface area contributed by atoms with Crippen molar-refractivity contribution >= 4 is 22.6 Å². The SMILES string of the molecule is Cn1c(=O)[nH]c2cc(C(=O)N3CCN(c4ccccc4O)CC3)ccc21. The average molecular weight is 352 g/mol. The van der Waals surface area contributed by atoms with Crippen LogP contribution in [0.5, 0.6) is 5.75 Å². The molecule has 1 aliphatic rings. The van der Waals surface area contributed by atoms with Gasteiger partial charge in [-0.15, -0.1) is 0 Å². The molecule has 0 saturated carbocycles. The first-order chi connectivity index (χ1) is 12.5. The molecular formula is C19H20N4O3. The zero-order valence-corrected chi connectivity index (χ0v) is 14.5. The van der Waals surface area contributed by atoms with E-state index in [0.29, 0.717) is 37.3 Å². The highest BCUT2D eigenvalue weighted by atomic mass is 16.3. The first kappa shape index (κ1) is 16.3. The standard InChI is InChI=1S/C19H20N4O3/c1-21-15-7-6-13(12-14(15)20-19(21)26)18(25)23-10-8-22(9-11-23)16-4-2-3-5-17(16)24/h2-7,12,24H,8-11H2,1H3,(H,20,26). The Hall–Kier alpha value is -3.22. The van der Waals surface area contributed by atoms with Crippen LogP contribution in [-0.4, -0.2) is 51.6 Å². The Morgan fingerprint density at radius 3 is 2.54 bits per heavy atom. The van der Waals surface area contributed by atoms with Crippen LogP contribution in [0.25, 0.3) is 11.0 Å². The number of aromatic amines is 1. The fourth-order valence-electron chi connectivity index (χ4n) is 3.43. The number of piperazine rings is 1. The number of aromatic nitrogens is 2. The maximum Gasteiger partial charge on any atom is 0.326 e. The highest BCUT2D eigenvalue weighted by Gasteiger charge is 2.23. The summed E-state index contributed by atoms with van der Waals surface area (Å²) in [6, 6.07) is 12.5. The van der Waals surface area contributed by atoms with Gasteiger partial charge in [0.25, 0.3) is 5.91 Å². The molecule has 3 aromatic rings. The van der Waals surface area contributed by atoms with E-state index in [1.54, 1.807) is 42.3 Å². The number of aryl methyl sites for hydroxylation is 1. The van der Waals surface area contributed by atoms with Crippen LogP contribution in [0.15, 0.2) is 47.3 Å². The molecule has 1 aliphatic heterocycles. The van der Waals surface area contributed by atoms with Gasteiger partial charge in [0, 0.05) is 38.8 Å². The maximum absolute atomic E-state index is 12.8. The van der Waals surface area contributed by atoms with E-state index in [-0.39, 0.29) is 17.3 Å². The Morgan fingerprint density at radius 1 is 1.08 bits per heavy atom. The number of para-hydroxylation sites is 2. The van der Waals surface area contributed by atoms with Crippen molar-refractivity contribution < 1.29 is 9.90 Å². The lowest BCUT2D eigenvalue weighted by atomic mass is 10.1. The topological polar surface area (TPSA) is 81.6 Å². The van der Waals surface area contributed by atoms with E-state index in [9.17, 15) is 14.7 Å². The fraction of sp³-hybridized carbons (Fsp3) is 0.263. The number of nitrogens with zero attached hydrogens (tertiary/aromatic N) is 3. The number of imidazole rings is 1. The van der Waals surface area contributed by atoms with E-state index in [1.807, 2.05) is 12.1 Å². The Kier molecular flexibility index (Phi) is 3.91. The molecule has 7 heteroatoms. The third-order valence-electron chi connectivity index (χ3n) is 4.94. The van der Waals surface area contributed by atoms with Gasteiger partial charge in [-0.05, 0) is 30.3 Å². The summed E-state index contributed by atoms with van der Waals surface area (Å²) in [7, 11) is 1.70. The molecule has 1 amide bonds. The zero-order chi connectivity index (χ0) is 18.3. The van der Waals surface area contributed by atoms with Crippen LogP contribution in [0.3, 0.4) is 0 Å². The minimum Gasteiger partial charge on any atom is -0.506 e. The Morgan fingerprint density at radius 2 is 1.81 bits per heavy atom. The summed E-state index contributed by atoms with van der Waals surface area (Å²) >= 11 is 0. The van der Waals surface area contributed by atoms with Gasteiger partial charge in [0.05, 0.1) is 16.7 Å². The molecule has 2 heterocycles. The summed E-state index contributed by atoms with van der Waals surface area (Å²) < 4.78 is 1.52. The molecule has 1 aromatic heterocycles. The number of amides is 1. The predicted molar refractivity (Wildman–Crippen MR) is 99.8 cm³/mol. The van der Waals surface area contributed by atoms with Crippen molar-refractivity contribution in [3.8, 4) is 5.75 Å². The second-order valence-corrected chi connectivity index (χ2v) is 6.49. The second-order valence-electron chi connectivity index (χ2n) is 6.49. The number of benzene rings is 2. The second kappa shape index (κ2) is 6.25. The van der Waals surface area contributed by atoms with E-state index >= 15 is 0 Å². The molecule has 2 aromatic carbocycles. The highest BCUT2D eigenvalue weighted by molar-refractivity contribution is 5.97. The smallest absolute Gasteiger partial charge is 0.326 e. The van der Waals surface area contributed by atoms with Crippen LogP contribution in [0.2, 0.25) is 0 Å². The molecule has 0 radical (unpaired) electrons. The molecule has 4 rings (SSSR count). The van der Waals surface area contributed by atoms with Crippen LogP contribution in [-0.2, 0) is 7.05 Å². The van der Waals surface area contributed by atoms with Crippen LogP contribution in [0, 0.1) is 0 Å². The van der Waals surface area contributed by atoms with Gasteiger partial charge in [-0.1, -0.05) is 12.1 Å². The summed E-state index contributed by atoms with van der Waals surface area (Å²) in [5.74, 6) is 0.208. The Bertz CT molecular complexity index is 1030. The number of carbonyl (C=O) groups excluding carboxylic acids is 1. The molecule has 1 saturated heterocycles. The van der Waals surface area contributed by atoms with Crippen molar-refractivity contribution in [1.29, 1.82) is 0 Å². The lowest BCUT2D eigenvalue weighted by molar-refractivity contribution is 0.0747. The molecule has 0 aliphatic carbocycles. The monoisotopic (exact) mass is 352 g/mol. The molecule has 2 N–H and O–H groups in total. The van der Waals surface area contributed by atoms with Gasteiger partial charge in [-0.2, -0.15) is 0 Å². The quantitative estimate of drug-likeness (QED) is 0.733. The molecule has 0 spiro atoms. The number of H-pyrrole nitrogens is 1. The normalized spacial score (nSPS) is 14.8. The molecule has 0 bridgehead atoms. The van der Waals surface area contributed by atoms with Gasteiger partial charge in [0.1, 0.15) is 5.75 Å². The highest BCUT2D eigenvalue weighted by Crippen LogP contribution is 2.27. The number of aromatic hydroxyl groups is 1. The number of phenolic OH excluding ortho intramolecular Hbond substituents is 1. The molecule has 26 heavy (non-hydrogen) atoms. The minimum absolute atomic E-state index is 0.0477. The van der Waals surface area contributed by atoms with Crippen molar-refractivity contribution in [3.05, 3.63) is 58.5 Å². The minimum atomic E-state index is -0.194. The van der Waals surface area contributed by atoms with E-state index < -0.39 is 0 Å². The lowest BCUT2D eigenvalue weighted by Crippen LogP contribution is -2.48. The van der Waals surface area contributed by atoms with Crippen molar-refractivity contribution in [1.82, 2.24) is 14.5 Å². The van der Waals surface area contributed by atoms with Gasteiger partial charge in [-0.3, -0.25) is 9.36 Å². The van der Waals surface area contributed by atoms with Gasteiger partial charge in [0.15, 0.2) is 0 Å². The molecule has 0 unspecified atom stereocenters. The van der Waals surface area contributed by atoms with Crippen LogP contribution in [0.4, 0.5) is 5.69 Å². The van der Waals surface area contributed by atoms with E-state index in [1.165, 1.54) is 4.57 Å². The Balaban J connectivity index is 1.50. The zero-order valence-electron chi connectivity index (χ0n) is 14.5. The lowest BCUT2D eigenvalue weighted by Gasteiger charge is -2.36. The number of anilines is 1. The van der Waals surface area contributed by atoms with Crippen molar-refractivity contribution in [3.63, 3.8) is 0 Å². The van der Waals surface area contributed by atoms with Crippen LogP contribution < -0.4 is 10.6 Å². The summed E-state index contributed by atoms with van der Waals surface area (Å²) in [4.78, 5) is 31.2. The van der Waals surface area contributed by atoms with E-state index in [4.69, 9.17) is 0 Å². The Labute approximate surface area is 150 Å². The number of fused-ring (bicyclic) bond motifs is 1. The summed E-state index contributed by atoms with van der Waals surface area (Å²) in [5.41, 5.74) is 2.60. The summed E-state index contributed by atoms with van der Waals surface area (Å²) in [5, 5.41) is 9.99. The number of carbonyl (C=O) groups is 1. The third-order valence-corrected chi connectivity index (χ3v) is 4.94. The molecule has 1 fully saturated rings. The summed E-state index contributed by atoms with van der Waals surface area (Å²) in [6.45, 7) is 2.48. The van der Waals surface area contributed by atoms with E-state index in [0.717, 1.165) is 11.2 Å². The largest absolute Gasteiger partial charge is 0.506 e. The van der Waals surface area contributed by atoms with Gasteiger partial charge < -0.3 is 19.9 Å². The molecule has 0 atom stereocenters. The molecule has 134 valence electrons. The van der Waals surface area contributed by atoms with Crippen LogP contribution >= 0.6 is 0 Å². The predicted octanol–water partition coefficient (Wildman–Crippen LogP) is 1.53. The van der Waals surface area contributed by atoms with E-state index in [2.05, 4.69) is 9.88 Å². The number of hydrogen-bond acceptors (Lipinski definition) is 4. The summed E-state index contributed by atoms with van der Waals surface area (Å²) in [6.07, 6.45) is 0. The van der Waals surface area contributed by atoms with Gasteiger partial charge in [-0.25, -0.2) is 4.79 Å². The number of nitrogens with one attached hydrogen (secondary N) is 1. The van der Waals surface area contributed by atoms with Gasteiger partial charge in [0.2, 0.25) is 0 Å².